The topological polar surface area (TPSA) is 79.2 Å². The Morgan fingerprint density at radius 3 is 2.50 bits per heavy atom. The third kappa shape index (κ3) is 4.51. The molecule has 0 unspecified atom stereocenters. The highest BCUT2D eigenvalue weighted by molar-refractivity contribution is 5.99. The number of hydrogen-bond acceptors (Lipinski definition) is 7. The van der Waals surface area contributed by atoms with E-state index >= 15 is 0 Å². The number of pyridine rings is 1. The van der Waals surface area contributed by atoms with Crippen LogP contribution in [0.25, 0.3) is 11.0 Å². The second kappa shape index (κ2) is 9.70. The summed E-state index contributed by atoms with van der Waals surface area (Å²) in [5, 5.41) is 4.18. The van der Waals surface area contributed by atoms with Gasteiger partial charge in [-0.3, -0.25) is 9.69 Å². The molecule has 0 atom stereocenters. The summed E-state index contributed by atoms with van der Waals surface area (Å²) in [5.74, 6) is 1.38. The Morgan fingerprint density at radius 2 is 1.85 bits per heavy atom. The number of fused-ring (bicyclic) bond motifs is 1. The molecule has 1 aliphatic carbocycles. The predicted molar refractivity (Wildman–Crippen MR) is 136 cm³/mol. The van der Waals surface area contributed by atoms with E-state index in [1.165, 1.54) is 12.8 Å². The van der Waals surface area contributed by atoms with Crippen LogP contribution in [-0.4, -0.2) is 62.4 Å². The van der Waals surface area contributed by atoms with E-state index in [9.17, 15) is 4.79 Å². The molecule has 2 fully saturated rings. The molecule has 8 nitrogen and oxygen atoms in total. The summed E-state index contributed by atoms with van der Waals surface area (Å²) < 4.78 is 2.16. The first-order chi connectivity index (χ1) is 16.5. The molecule has 180 valence electrons. The molecule has 0 aromatic carbocycles. The largest absolute Gasteiger partial charge is 0.368 e. The van der Waals surface area contributed by atoms with E-state index in [1.807, 2.05) is 31.5 Å². The Kier molecular flexibility index (Phi) is 6.50. The molecule has 0 radical (unpaired) electrons. The van der Waals surface area contributed by atoms with Crippen molar-refractivity contribution >= 4 is 34.3 Å². The second-order valence-electron chi connectivity index (χ2n) is 9.73. The summed E-state index contributed by atoms with van der Waals surface area (Å²) in [6.07, 6.45) is 8.80. The molecule has 8 heteroatoms. The number of nitrogens with one attached hydrogen (secondary N) is 1. The lowest BCUT2D eigenvalue weighted by Crippen LogP contribution is -2.48. The summed E-state index contributed by atoms with van der Waals surface area (Å²) in [6.45, 7) is 10.6. The number of aromatic nitrogens is 4. The van der Waals surface area contributed by atoms with Gasteiger partial charge in [0.15, 0.2) is 5.78 Å². The van der Waals surface area contributed by atoms with Gasteiger partial charge in [-0.05, 0) is 44.9 Å². The molecule has 1 saturated heterocycles. The van der Waals surface area contributed by atoms with Crippen LogP contribution in [0, 0.1) is 0 Å². The van der Waals surface area contributed by atoms with Gasteiger partial charge in [0.2, 0.25) is 5.95 Å². The summed E-state index contributed by atoms with van der Waals surface area (Å²) in [6, 6.07) is 6.97. The van der Waals surface area contributed by atoms with E-state index in [0.717, 1.165) is 61.4 Å². The first kappa shape index (κ1) is 22.8. The lowest BCUT2D eigenvalue weighted by atomic mass is 10.2. The van der Waals surface area contributed by atoms with Gasteiger partial charge in [0.25, 0.3) is 0 Å². The van der Waals surface area contributed by atoms with Crippen molar-refractivity contribution in [3.8, 4) is 0 Å². The zero-order valence-corrected chi connectivity index (χ0v) is 20.5. The zero-order chi connectivity index (χ0) is 23.7. The highest BCUT2D eigenvalue weighted by atomic mass is 16.1. The van der Waals surface area contributed by atoms with E-state index in [0.29, 0.717) is 30.3 Å². The van der Waals surface area contributed by atoms with Crippen LogP contribution in [0.3, 0.4) is 0 Å². The number of carbonyl (C=O) groups is 1. The smallest absolute Gasteiger partial charge is 0.230 e. The van der Waals surface area contributed by atoms with E-state index in [4.69, 9.17) is 4.98 Å². The molecule has 4 heterocycles. The van der Waals surface area contributed by atoms with Crippen molar-refractivity contribution in [2.75, 3.05) is 36.4 Å². The molecule has 5 rings (SSSR count). The Balaban J connectivity index is 1.35. The van der Waals surface area contributed by atoms with Crippen LogP contribution < -0.4 is 10.2 Å². The maximum absolute atomic E-state index is 12.6. The van der Waals surface area contributed by atoms with Crippen molar-refractivity contribution in [3.63, 3.8) is 0 Å². The minimum atomic E-state index is 0.158. The minimum Gasteiger partial charge on any atom is -0.368 e. The molecule has 3 aromatic heterocycles. The van der Waals surface area contributed by atoms with Crippen molar-refractivity contribution in [1.29, 1.82) is 0 Å². The number of piperazine rings is 1. The first-order valence-corrected chi connectivity index (χ1v) is 12.7. The number of ketones is 1. The number of anilines is 3. The lowest BCUT2D eigenvalue weighted by molar-refractivity contribution is 0.0977. The van der Waals surface area contributed by atoms with Crippen molar-refractivity contribution in [3.05, 3.63) is 36.3 Å². The van der Waals surface area contributed by atoms with Gasteiger partial charge < -0.3 is 14.8 Å². The van der Waals surface area contributed by atoms with E-state index in [-0.39, 0.29) is 5.78 Å². The van der Waals surface area contributed by atoms with Gasteiger partial charge in [0, 0.05) is 56.3 Å². The fourth-order valence-corrected chi connectivity index (χ4v) is 5.25. The van der Waals surface area contributed by atoms with Gasteiger partial charge in [0.1, 0.15) is 11.5 Å². The number of carbonyl (C=O) groups excluding carboxylic acids is 1. The van der Waals surface area contributed by atoms with Crippen molar-refractivity contribution < 1.29 is 4.79 Å². The molecule has 1 saturated carbocycles. The standard InChI is InChI=1S/C26H35N7O/c1-4-23(34)22-15-19-16-28-26(30-25(19)33(22)20-7-5-6-8-20)29-24-10-9-21(17-27-24)32-13-11-31(12-14-32)18(2)3/h9-10,15-18,20H,4-8,11-14H2,1-3H3,(H,27,28,29,30). The van der Waals surface area contributed by atoms with Crippen molar-refractivity contribution in [2.24, 2.45) is 0 Å². The van der Waals surface area contributed by atoms with Crippen molar-refractivity contribution in [2.45, 2.75) is 65.0 Å². The molecule has 0 bridgehead atoms. The van der Waals surface area contributed by atoms with Gasteiger partial charge >= 0.3 is 0 Å². The van der Waals surface area contributed by atoms with Gasteiger partial charge in [-0.1, -0.05) is 19.8 Å². The van der Waals surface area contributed by atoms with Crippen LogP contribution in [0.15, 0.2) is 30.6 Å². The highest BCUT2D eigenvalue weighted by Crippen LogP contribution is 2.35. The monoisotopic (exact) mass is 461 g/mol. The quantitative estimate of drug-likeness (QED) is 0.506. The highest BCUT2D eigenvalue weighted by Gasteiger charge is 2.25. The van der Waals surface area contributed by atoms with Crippen LogP contribution >= 0.6 is 0 Å². The van der Waals surface area contributed by atoms with Crippen LogP contribution in [-0.2, 0) is 0 Å². The molecule has 1 N–H and O–H groups in total. The summed E-state index contributed by atoms with van der Waals surface area (Å²) in [5.41, 5.74) is 2.74. The first-order valence-electron chi connectivity index (χ1n) is 12.7. The molecule has 0 amide bonds. The maximum atomic E-state index is 12.6. The third-order valence-corrected chi connectivity index (χ3v) is 7.27. The molecular weight excluding hydrogens is 426 g/mol. The van der Waals surface area contributed by atoms with Crippen molar-refractivity contribution in [1.82, 2.24) is 24.4 Å². The van der Waals surface area contributed by atoms with E-state index < -0.39 is 0 Å². The minimum absolute atomic E-state index is 0.158. The summed E-state index contributed by atoms with van der Waals surface area (Å²) >= 11 is 0. The lowest BCUT2D eigenvalue weighted by Gasteiger charge is -2.38. The van der Waals surface area contributed by atoms with E-state index in [2.05, 4.69) is 49.6 Å². The Labute approximate surface area is 201 Å². The number of nitrogens with zero attached hydrogens (tertiary/aromatic N) is 6. The number of hydrogen-bond donors (Lipinski definition) is 1. The molecular formula is C26H35N7O. The van der Waals surface area contributed by atoms with Crippen LogP contribution in [0.2, 0.25) is 0 Å². The molecule has 34 heavy (non-hydrogen) atoms. The molecule has 2 aliphatic rings. The third-order valence-electron chi connectivity index (χ3n) is 7.27. The fraction of sp³-hybridized carbons (Fsp3) is 0.538. The average Bonchev–Trinajstić information content (AvgIpc) is 3.51. The summed E-state index contributed by atoms with van der Waals surface area (Å²) in [4.78, 5) is 31.5. The molecule has 0 spiro atoms. The Hall–Kier alpha value is -3.00. The van der Waals surface area contributed by atoms with Gasteiger partial charge in [-0.25, -0.2) is 9.97 Å². The number of rotatable bonds is 7. The molecule has 1 aliphatic heterocycles. The number of Topliss-reactive ketones (excluding diaryl/α,β-unsaturated/α-hetero) is 1. The molecule has 3 aromatic rings. The SMILES string of the molecule is CCC(=O)c1cc2cnc(Nc3ccc(N4CCN(C(C)C)CC4)cn3)nc2n1C1CCCC1. The Bertz CT molecular complexity index is 1140. The van der Waals surface area contributed by atoms with Gasteiger partial charge in [0.05, 0.1) is 17.6 Å². The van der Waals surface area contributed by atoms with Gasteiger partial charge in [-0.2, -0.15) is 4.98 Å². The normalized spacial score (nSPS) is 17.7. The van der Waals surface area contributed by atoms with E-state index in [1.54, 1.807) is 0 Å². The van der Waals surface area contributed by atoms with Crippen LogP contribution in [0.4, 0.5) is 17.5 Å². The van der Waals surface area contributed by atoms with Gasteiger partial charge in [-0.15, -0.1) is 0 Å². The van der Waals surface area contributed by atoms with Crippen LogP contribution in [0.5, 0.6) is 0 Å². The summed E-state index contributed by atoms with van der Waals surface area (Å²) in [7, 11) is 0. The predicted octanol–water partition coefficient (Wildman–Crippen LogP) is 4.81. The zero-order valence-electron chi connectivity index (χ0n) is 20.5. The fourth-order valence-electron chi connectivity index (χ4n) is 5.25. The Morgan fingerprint density at radius 1 is 1.09 bits per heavy atom. The second-order valence-corrected chi connectivity index (χ2v) is 9.73. The van der Waals surface area contributed by atoms with Crippen LogP contribution in [0.1, 0.15) is 69.4 Å². The average molecular weight is 462 g/mol. The maximum Gasteiger partial charge on any atom is 0.230 e.